The van der Waals surface area contributed by atoms with Crippen LogP contribution in [0.3, 0.4) is 0 Å². The molecule has 0 bridgehead atoms. The molecule has 0 saturated carbocycles. The topological polar surface area (TPSA) is 13.1 Å². The van der Waals surface area contributed by atoms with E-state index in [4.69, 9.17) is 4.42 Å². The van der Waals surface area contributed by atoms with Crippen molar-refractivity contribution in [3.8, 4) is 22.6 Å². The molecule has 27 heavy (non-hydrogen) atoms. The van der Waals surface area contributed by atoms with E-state index in [1.807, 2.05) is 6.07 Å². The Labute approximate surface area is 164 Å². The van der Waals surface area contributed by atoms with Gasteiger partial charge < -0.3 is 4.42 Å². The summed E-state index contributed by atoms with van der Waals surface area (Å²) in [6.07, 6.45) is 0. The van der Waals surface area contributed by atoms with Crippen LogP contribution in [-0.4, -0.2) is 8.07 Å². The maximum atomic E-state index is 6.04. The molecule has 0 amide bonds. The second kappa shape index (κ2) is 7.78. The van der Waals surface area contributed by atoms with Crippen LogP contribution >= 0.6 is 0 Å². The van der Waals surface area contributed by atoms with Crippen molar-refractivity contribution in [2.45, 2.75) is 58.2 Å². The third-order valence-corrected chi connectivity index (χ3v) is 12.2. The molecule has 0 unspecified atom stereocenters. The summed E-state index contributed by atoms with van der Waals surface area (Å²) >= 11 is 0. The molecule has 0 atom stereocenters. The Kier molecular flexibility index (Phi) is 5.63. The Bertz CT molecular complexity index is 946. The molecule has 0 fully saturated rings. The molecule has 3 rings (SSSR count). The molecule has 2 aromatic carbocycles. The standard InChI is InChI=1S/C25H30OSi/c1-18(2)27(19(3)4,20(5)6)15-14-24-17-23-16-22(12-13-25(23)26-24)21-10-8-7-9-11-21/h7-13,16-20H,1-6H3. The first-order valence-electron chi connectivity index (χ1n) is 9.96. The number of furan rings is 1. The molecular formula is C25H30OSi. The molecule has 3 aromatic rings. The van der Waals surface area contributed by atoms with Crippen molar-refractivity contribution >= 4 is 19.0 Å². The van der Waals surface area contributed by atoms with Gasteiger partial charge in [0.1, 0.15) is 13.7 Å². The lowest BCUT2D eigenvalue weighted by Gasteiger charge is -2.37. The minimum absolute atomic E-state index is 0.624. The fraction of sp³-hybridized carbons (Fsp3) is 0.360. The van der Waals surface area contributed by atoms with Gasteiger partial charge in [-0.2, -0.15) is 0 Å². The summed E-state index contributed by atoms with van der Waals surface area (Å²) in [4.78, 5) is 0. The first-order valence-corrected chi connectivity index (χ1v) is 12.2. The molecule has 0 aliphatic carbocycles. The molecule has 0 N–H and O–H groups in total. The Morgan fingerprint density at radius 1 is 0.741 bits per heavy atom. The SMILES string of the molecule is CC(C)[Si](C#Cc1cc2cc(-c3ccccc3)ccc2o1)(C(C)C)C(C)C. The van der Waals surface area contributed by atoms with E-state index in [-0.39, 0.29) is 0 Å². The summed E-state index contributed by atoms with van der Waals surface area (Å²) in [5.74, 6) is 4.21. The van der Waals surface area contributed by atoms with Crippen molar-refractivity contribution in [1.29, 1.82) is 0 Å². The van der Waals surface area contributed by atoms with Crippen molar-refractivity contribution in [3.63, 3.8) is 0 Å². The fourth-order valence-corrected chi connectivity index (χ4v) is 9.72. The van der Waals surface area contributed by atoms with Crippen LogP contribution in [0.4, 0.5) is 0 Å². The van der Waals surface area contributed by atoms with Crippen LogP contribution in [0.1, 0.15) is 47.3 Å². The largest absolute Gasteiger partial charge is 0.448 e. The molecule has 0 aliphatic rings. The minimum atomic E-state index is -1.74. The van der Waals surface area contributed by atoms with Crippen LogP contribution < -0.4 is 0 Å². The van der Waals surface area contributed by atoms with Gasteiger partial charge in [-0.1, -0.05) is 77.9 Å². The molecule has 0 saturated heterocycles. The Morgan fingerprint density at radius 2 is 1.37 bits per heavy atom. The third-order valence-electron chi connectivity index (χ3n) is 5.89. The van der Waals surface area contributed by atoms with Crippen molar-refractivity contribution in [1.82, 2.24) is 0 Å². The molecule has 1 aromatic heterocycles. The monoisotopic (exact) mass is 374 g/mol. The molecule has 0 radical (unpaired) electrons. The molecule has 1 nitrogen and oxygen atoms in total. The van der Waals surface area contributed by atoms with Crippen molar-refractivity contribution in [2.75, 3.05) is 0 Å². The maximum Gasteiger partial charge on any atom is 0.177 e. The van der Waals surface area contributed by atoms with Crippen LogP contribution in [0.5, 0.6) is 0 Å². The number of fused-ring (bicyclic) bond motifs is 1. The van der Waals surface area contributed by atoms with E-state index in [0.29, 0.717) is 16.6 Å². The zero-order valence-corrected chi connectivity index (χ0v) is 18.3. The molecule has 140 valence electrons. The van der Waals surface area contributed by atoms with Gasteiger partial charge in [-0.25, -0.2) is 0 Å². The van der Waals surface area contributed by atoms with E-state index >= 15 is 0 Å². The van der Waals surface area contributed by atoms with Gasteiger partial charge >= 0.3 is 0 Å². The van der Waals surface area contributed by atoms with Crippen molar-refractivity contribution < 1.29 is 4.42 Å². The Morgan fingerprint density at radius 3 is 1.96 bits per heavy atom. The Balaban J connectivity index is 2.00. The number of hydrogen-bond donors (Lipinski definition) is 0. The molecule has 0 aliphatic heterocycles. The molecule has 1 heterocycles. The zero-order valence-electron chi connectivity index (χ0n) is 17.3. The van der Waals surface area contributed by atoms with Crippen LogP contribution in [0, 0.1) is 11.5 Å². The highest BCUT2D eigenvalue weighted by molar-refractivity contribution is 6.90. The van der Waals surface area contributed by atoms with Crippen molar-refractivity contribution in [2.24, 2.45) is 0 Å². The summed E-state index contributed by atoms with van der Waals surface area (Å²) in [7, 11) is -1.74. The first-order chi connectivity index (χ1) is 12.8. The van der Waals surface area contributed by atoms with Gasteiger partial charge in [0.05, 0.1) is 0 Å². The van der Waals surface area contributed by atoms with E-state index in [1.54, 1.807) is 0 Å². The summed E-state index contributed by atoms with van der Waals surface area (Å²) in [6.45, 7) is 14.0. The van der Waals surface area contributed by atoms with Gasteiger partial charge in [-0.05, 0) is 45.8 Å². The lowest BCUT2D eigenvalue weighted by molar-refractivity contribution is 0.601. The number of rotatable bonds is 4. The minimum Gasteiger partial charge on any atom is -0.448 e. The predicted molar refractivity (Wildman–Crippen MR) is 120 cm³/mol. The third kappa shape index (κ3) is 3.75. The van der Waals surface area contributed by atoms with E-state index in [9.17, 15) is 0 Å². The van der Waals surface area contributed by atoms with Crippen LogP contribution in [0.25, 0.3) is 22.1 Å². The molecule has 2 heteroatoms. The lowest BCUT2D eigenvalue weighted by atomic mass is 10.0. The lowest BCUT2D eigenvalue weighted by Crippen LogP contribution is -2.43. The predicted octanol–water partition coefficient (Wildman–Crippen LogP) is 7.67. The fourth-order valence-electron chi connectivity index (χ4n) is 4.52. The van der Waals surface area contributed by atoms with Crippen LogP contribution in [-0.2, 0) is 0 Å². The van der Waals surface area contributed by atoms with E-state index in [1.165, 1.54) is 11.1 Å². The average Bonchev–Trinajstić information content (AvgIpc) is 3.04. The second-order valence-corrected chi connectivity index (χ2v) is 14.0. The maximum absolute atomic E-state index is 6.04. The van der Waals surface area contributed by atoms with E-state index < -0.39 is 8.07 Å². The Hall–Kier alpha value is -2.24. The van der Waals surface area contributed by atoms with E-state index in [0.717, 1.165) is 16.7 Å². The molecular weight excluding hydrogens is 344 g/mol. The average molecular weight is 375 g/mol. The van der Waals surface area contributed by atoms with Gasteiger partial charge in [0.15, 0.2) is 5.76 Å². The highest BCUT2D eigenvalue weighted by Crippen LogP contribution is 2.40. The summed E-state index contributed by atoms with van der Waals surface area (Å²) in [5, 5.41) is 1.12. The summed E-state index contributed by atoms with van der Waals surface area (Å²) in [5.41, 5.74) is 8.96. The van der Waals surface area contributed by atoms with Crippen LogP contribution in [0.2, 0.25) is 16.6 Å². The summed E-state index contributed by atoms with van der Waals surface area (Å²) in [6, 6.07) is 18.9. The summed E-state index contributed by atoms with van der Waals surface area (Å²) < 4.78 is 6.04. The van der Waals surface area contributed by atoms with Gasteiger partial charge in [-0.3, -0.25) is 0 Å². The normalized spacial score (nSPS) is 12.0. The van der Waals surface area contributed by atoms with Gasteiger partial charge in [0, 0.05) is 11.5 Å². The first kappa shape index (κ1) is 19.5. The van der Waals surface area contributed by atoms with Gasteiger partial charge in [0.25, 0.3) is 0 Å². The highest BCUT2D eigenvalue weighted by atomic mass is 28.3. The van der Waals surface area contributed by atoms with Crippen LogP contribution in [0.15, 0.2) is 59.0 Å². The highest BCUT2D eigenvalue weighted by Gasteiger charge is 2.41. The van der Waals surface area contributed by atoms with Gasteiger partial charge in [-0.15, -0.1) is 5.54 Å². The van der Waals surface area contributed by atoms with Crippen molar-refractivity contribution in [3.05, 3.63) is 60.4 Å². The smallest absolute Gasteiger partial charge is 0.177 e. The second-order valence-electron chi connectivity index (χ2n) is 8.38. The van der Waals surface area contributed by atoms with Gasteiger partial charge in [0.2, 0.25) is 0 Å². The quantitative estimate of drug-likeness (QED) is 0.337. The molecule has 0 spiro atoms. The number of benzene rings is 2. The number of hydrogen-bond acceptors (Lipinski definition) is 1. The van der Waals surface area contributed by atoms with E-state index in [2.05, 4.69) is 102 Å². The zero-order chi connectivity index (χ0) is 19.6.